The number of ether oxygens (including phenoxy) is 1. The molecular weight excluding hydrogens is 546 g/mol. The van der Waals surface area contributed by atoms with Crippen LogP contribution in [0.4, 0.5) is 11.4 Å². The number of rotatable bonds is 4. The number of nitro benzene ring substituents is 1. The van der Waals surface area contributed by atoms with Gasteiger partial charge in [-0.15, -0.1) is 0 Å². The molecule has 2 aromatic heterocycles. The van der Waals surface area contributed by atoms with E-state index in [9.17, 15) is 19.7 Å². The van der Waals surface area contributed by atoms with Crippen LogP contribution in [0.5, 0.6) is 5.75 Å². The standard InChI is InChI=1S/C33H33N5O5/c1-43-22-9-10-26-24(15-22)23-4-2-5-27(31(23)34-26)35-33(40)25-14-18-13-21(38(41)42)8-11-29(18)37-16-19-12-20(32(25)37)17-36-28(19)6-3-7-30(36)39/h3,6-11,13,15,19-20,25,27,32,34H,2,4-5,12,14,16-17H2,1H3,(H,35,40)/t19-,20+,25-,27-,32+/m1/s1. The van der Waals surface area contributed by atoms with Crippen LogP contribution in [0.1, 0.15) is 53.7 Å². The Morgan fingerprint density at radius 1 is 1.14 bits per heavy atom. The van der Waals surface area contributed by atoms with E-state index in [1.54, 1.807) is 25.3 Å². The van der Waals surface area contributed by atoms with Crippen molar-refractivity contribution in [3.05, 3.63) is 97.6 Å². The Kier molecular flexibility index (Phi) is 5.89. The number of amides is 1. The molecule has 4 aromatic rings. The van der Waals surface area contributed by atoms with Gasteiger partial charge in [0, 0.05) is 71.2 Å². The van der Waals surface area contributed by atoms with Crippen molar-refractivity contribution in [2.45, 2.75) is 56.7 Å². The highest BCUT2D eigenvalue weighted by Gasteiger charge is 2.49. The number of hydrogen-bond acceptors (Lipinski definition) is 6. The second kappa shape index (κ2) is 9.72. The Balaban J connectivity index is 1.17. The third kappa shape index (κ3) is 4.06. The second-order valence-corrected chi connectivity index (χ2v) is 12.5. The van der Waals surface area contributed by atoms with Crippen molar-refractivity contribution < 1.29 is 14.5 Å². The highest BCUT2D eigenvalue weighted by Crippen LogP contribution is 2.48. The van der Waals surface area contributed by atoms with Gasteiger partial charge in [-0.2, -0.15) is 0 Å². The van der Waals surface area contributed by atoms with Gasteiger partial charge in [-0.05, 0) is 79.5 Å². The number of aromatic nitrogens is 2. The molecule has 220 valence electrons. The van der Waals surface area contributed by atoms with Crippen LogP contribution in [-0.2, 0) is 24.2 Å². The first-order valence-electron chi connectivity index (χ1n) is 15.1. The number of piperidine rings is 1. The summed E-state index contributed by atoms with van der Waals surface area (Å²) in [7, 11) is 1.66. The Morgan fingerprint density at radius 3 is 2.86 bits per heavy atom. The number of carbonyl (C=O) groups is 1. The van der Waals surface area contributed by atoms with Gasteiger partial charge in [-0.25, -0.2) is 0 Å². The molecule has 8 rings (SSSR count). The van der Waals surface area contributed by atoms with E-state index in [0.717, 1.165) is 65.0 Å². The van der Waals surface area contributed by atoms with Crippen LogP contribution >= 0.6 is 0 Å². The minimum Gasteiger partial charge on any atom is -0.497 e. The van der Waals surface area contributed by atoms with Gasteiger partial charge in [0.2, 0.25) is 5.91 Å². The van der Waals surface area contributed by atoms with E-state index in [1.165, 1.54) is 5.56 Å². The Hall–Kier alpha value is -4.60. The number of non-ortho nitro benzene ring substituents is 1. The number of nitrogens with one attached hydrogen (secondary N) is 2. The number of anilines is 1. The summed E-state index contributed by atoms with van der Waals surface area (Å²) in [4.78, 5) is 44.4. The van der Waals surface area contributed by atoms with Gasteiger partial charge in [0.25, 0.3) is 11.2 Å². The molecule has 5 heterocycles. The molecule has 10 heteroatoms. The smallest absolute Gasteiger partial charge is 0.269 e. The van der Waals surface area contributed by atoms with E-state index < -0.39 is 5.92 Å². The van der Waals surface area contributed by atoms with Crippen molar-refractivity contribution in [1.29, 1.82) is 0 Å². The SMILES string of the molecule is COc1ccc2[nH]c3c(c2c1)CCC[C@H]3NC(=O)[C@@H]1Cc2cc([N+](=O)[O-])ccc2N2C[C@H]3C[C@@H](Cn4c3cccc4=O)[C@@H]12. The monoisotopic (exact) mass is 579 g/mol. The quantitative estimate of drug-likeness (QED) is 0.269. The summed E-state index contributed by atoms with van der Waals surface area (Å²) in [5.74, 6) is 0.618. The Morgan fingerprint density at radius 2 is 2.02 bits per heavy atom. The average molecular weight is 580 g/mol. The number of aromatic amines is 1. The minimum atomic E-state index is -0.406. The molecule has 2 bridgehead atoms. The maximum atomic E-state index is 14.4. The van der Waals surface area contributed by atoms with Crippen LogP contribution in [-0.4, -0.2) is 40.1 Å². The first-order valence-corrected chi connectivity index (χ1v) is 15.1. The molecule has 1 saturated heterocycles. The van der Waals surface area contributed by atoms with Gasteiger partial charge in [-0.3, -0.25) is 19.7 Å². The summed E-state index contributed by atoms with van der Waals surface area (Å²) in [6.45, 7) is 1.23. The van der Waals surface area contributed by atoms with Crippen LogP contribution in [0.3, 0.4) is 0 Å². The van der Waals surface area contributed by atoms with Gasteiger partial charge in [0.15, 0.2) is 0 Å². The van der Waals surface area contributed by atoms with Crippen molar-refractivity contribution in [2.75, 3.05) is 18.6 Å². The number of benzene rings is 2. The number of aryl methyl sites for hydroxylation is 1. The maximum Gasteiger partial charge on any atom is 0.269 e. The summed E-state index contributed by atoms with van der Waals surface area (Å²) in [5, 5.41) is 16.2. The van der Waals surface area contributed by atoms with Crippen LogP contribution in [0.2, 0.25) is 0 Å². The van der Waals surface area contributed by atoms with Crippen molar-refractivity contribution in [3.8, 4) is 5.75 Å². The fourth-order valence-electron chi connectivity index (χ4n) is 8.44. The van der Waals surface area contributed by atoms with E-state index in [2.05, 4.69) is 21.3 Å². The summed E-state index contributed by atoms with van der Waals surface area (Å²) < 4.78 is 7.36. The minimum absolute atomic E-state index is 0.00124. The average Bonchev–Trinajstić information content (AvgIpc) is 3.39. The van der Waals surface area contributed by atoms with E-state index in [-0.39, 0.29) is 46.0 Å². The molecular formula is C33H33N5O5. The van der Waals surface area contributed by atoms with Crippen molar-refractivity contribution in [1.82, 2.24) is 14.9 Å². The molecule has 2 aromatic carbocycles. The number of H-pyrrole nitrogens is 1. The van der Waals surface area contributed by atoms with E-state index in [0.29, 0.717) is 19.5 Å². The Labute approximate surface area is 247 Å². The molecule has 1 amide bonds. The van der Waals surface area contributed by atoms with Gasteiger partial charge in [-0.1, -0.05) is 6.07 Å². The fraction of sp³-hybridized carbons (Fsp3) is 0.394. The van der Waals surface area contributed by atoms with E-state index >= 15 is 0 Å². The van der Waals surface area contributed by atoms with Gasteiger partial charge >= 0.3 is 0 Å². The van der Waals surface area contributed by atoms with Gasteiger partial charge < -0.3 is 24.5 Å². The molecule has 0 saturated carbocycles. The fourth-order valence-corrected chi connectivity index (χ4v) is 8.44. The number of fused-ring (bicyclic) bond motifs is 11. The molecule has 1 fully saturated rings. The normalized spacial score (nSPS) is 25.2. The molecule has 4 aliphatic rings. The predicted octanol–water partition coefficient (Wildman–Crippen LogP) is 4.60. The first-order chi connectivity index (χ1) is 20.9. The zero-order valence-corrected chi connectivity index (χ0v) is 23.9. The molecule has 1 aliphatic carbocycles. The van der Waals surface area contributed by atoms with E-state index in [4.69, 9.17) is 4.74 Å². The molecule has 5 atom stereocenters. The lowest BCUT2D eigenvalue weighted by atomic mass is 9.70. The predicted molar refractivity (Wildman–Crippen MR) is 162 cm³/mol. The lowest BCUT2D eigenvalue weighted by Gasteiger charge is -2.54. The molecule has 10 nitrogen and oxygen atoms in total. The molecule has 2 N–H and O–H groups in total. The number of nitrogens with zero attached hydrogens (tertiary/aromatic N) is 3. The maximum absolute atomic E-state index is 14.4. The third-order valence-corrected chi connectivity index (χ3v) is 10.3. The summed E-state index contributed by atoms with van der Waals surface area (Å²) in [6, 6.07) is 16.3. The lowest BCUT2D eigenvalue weighted by molar-refractivity contribution is -0.384. The van der Waals surface area contributed by atoms with Crippen molar-refractivity contribution in [3.63, 3.8) is 0 Å². The Bertz CT molecular complexity index is 1860. The molecule has 43 heavy (non-hydrogen) atoms. The highest BCUT2D eigenvalue weighted by atomic mass is 16.6. The summed E-state index contributed by atoms with van der Waals surface area (Å²) in [5.41, 5.74) is 6.16. The number of hydrogen-bond donors (Lipinski definition) is 2. The zero-order chi connectivity index (χ0) is 29.4. The number of methoxy groups -OCH3 is 1. The van der Waals surface area contributed by atoms with Crippen LogP contribution < -0.4 is 20.5 Å². The first kappa shape index (κ1) is 26.1. The number of carbonyl (C=O) groups excluding carboxylic acids is 1. The van der Waals surface area contributed by atoms with Crippen LogP contribution in [0.15, 0.2) is 59.4 Å². The topological polar surface area (TPSA) is 122 Å². The van der Waals surface area contributed by atoms with Crippen LogP contribution in [0, 0.1) is 22.0 Å². The lowest BCUT2D eigenvalue weighted by Crippen LogP contribution is -2.61. The number of pyridine rings is 1. The third-order valence-electron chi connectivity index (χ3n) is 10.3. The van der Waals surface area contributed by atoms with Gasteiger partial charge in [0.1, 0.15) is 5.75 Å². The highest BCUT2D eigenvalue weighted by molar-refractivity contribution is 5.87. The molecule has 0 spiro atoms. The molecule has 0 radical (unpaired) electrons. The largest absolute Gasteiger partial charge is 0.497 e. The summed E-state index contributed by atoms with van der Waals surface area (Å²) >= 11 is 0. The summed E-state index contributed by atoms with van der Waals surface area (Å²) in [6.07, 6.45) is 4.06. The number of nitro groups is 1. The van der Waals surface area contributed by atoms with Crippen LogP contribution in [0.25, 0.3) is 10.9 Å². The van der Waals surface area contributed by atoms with E-state index in [1.807, 2.05) is 34.9 Å². The second-order valence-electron chi connectivity index (χ2n) is 12.5. The zero-order valence-electron chi connectivity index (χ0n) is 23.9. The molecule has 0 unspecified atom stereocenters. The molecule has 3 aliphatic heterocycles. The van der Waals surface area contributed by atoms with Crippen molar-refractivity contribution >= 4 is 28.2 Å². The van der Waals surface area contributed by atoms with Gasteiger partial charge in [0.05, 0.1) is 24.0 Å². The van der Waals surface area contributed by atoms with Crippen molar-refractivity contribution in [2.24, 2.45) is 11.8 Å².